The molecule has 2 N–H and O–H groups in total. The molecule has 110 valence electrons. The van der Waals surface area contributed by atoms with Crippen molar-refractivity contribution >= 4 is 5.91 Å². The molecule has 0 spiro atoms. The molecular formula is C13H18N2O5. The van der Waals surface area contributed by atoms with Crippen molar-refractivity contribution in [2.45, 2.75) is 37.0 Å². The molecule has 2 fully saturated rings. The maximum absolute atomic E-state index is 12.3. The zero-order chi connectivity index (χ0) is 14.3. The highest BCUT2D eigenvalue weighted by Crippen LogP contribution is 2.40. The highest BCUT2D eigenvalue weighted by atomic mass is 16.5. The first-order valence-electron chi connectivity index (χ1n) is 6.75. The first-order chi connectivity index (χ1) is 9.58. The molecule has 2 heterocycles. The molecule has 1 aromatic rings. The summed E-state index contributed by atoms with van der Waals surface area (Å²) in [6, 6.07) is 1.07. The first kappa shape index (κ1) is 13.5. The Morgan fingerprint density at radius 1 is 1.40 bits per heavy atom. The van der Waals surface area contributed by atoms with Crippen LogP contribution in [0.3, 0.4) is 0 Å². The summed E-state index contributed by atoms with van der Waals surface area (Å²) in [7, 11) is 1.56. The van der Waals surface area contributed by atoms with Gasteiger partial charge in [-0.1, -0.05) is 5.16 Å². The van der Waals surface area contributed by atoms with E-state index in [-0.39, 0.29) is 24.8 Å². The van der Waals surface area contributed by atoms with Gasteiger partial charge in [0.2, 0.25) is 0 Å². The van der Waals surface area contributed by atoms with Crippen LogP contribution in [-0.4, -0.2) is 64.7 Å². The van der Waals surface area contributed by atoms with Crippen LogP contribution < -0.4 is 0 Å². The molecule has 3 atom stereocenters. The van der Waals surface area contributed by atoms with Gasteiger partial charge in [0.25, 0.3) is 5.91 Å². The number of aliphatic hydroxyl groups is 2. The fraction of sp³-hybridized carbons (Fsp3) is 0.692. The van der Waals surface area contributed by atoms with Gasteiger partial charge < -0.3 is 24.4 Å². The molecule has 3 rings (SSSR count). The van der Waals surface area contributed by atoms with E-state index in [0.29, 0.717) is 5.92 Å². The van der Waals surface area contributed by atoms with E-state index in [2.05, 4.69) is 5.16 Å². The SMILES string of the molecule is CN(C(=O)c1cc(C2CC2)on1)[C@@H]1COC[C@@H](O)[C@H]1O. The number of carbonyl (C=O) groups excluding carboxylic acids is 1. The normalized spacial score (nSPS) is 30.2. The van der Waals surface area contributed by atoms with E-state index in [1.807, 2.05) is 0 Å². The Labute approximate surface area is 116 Å². The average Bonchev–Trinajstić information content (AvgIpc) is 3.18. The van der Waals surface area contributed by atoms with Crippen LogP contribution in [0.2, 0.25) is 0 Å². The number of hydrogen-bond acceptors (Lipinski definition) is 6. The van der Waals surface area contributed by atoms with Gasteiger partial charge in [0, 0.05) is 19.0 Å². The Morgan fingerprint density at radius 3 is 2.85 bits per heavy atom. The van der Waals surface area contributed by atoms with Gasteiger partial charge in [-0.05, 0) is 12.8 Å². The minimum Gasteiger partial charge on any atom is -0.388 e. The van der Waals surface area contributed by atoms with Crippen molar-refractivity contribution in [2.75, 3.05) is 20.3 Å². The molecule has 1 aliphatic heterocycles. The van der Waals surface area contributed by atoms with Gasteiger partial charge in [-0.2, -0.15) is 0 Å². The third-order valence-corrected chi connectivity index (χ3v) is 3.91. The number of ether oxygens (including phenoxy) is 1. The Bertz CT molecular complexity index is 499. The number of amides is 1. The third-order valence-electron chi connectivity index (χ3n) is 3.91. The zero-order valence-corrected chi connectivity index (χ0v) is 11.2. The van der Waals surface area contributed by atoms with Crippen LogP contribution in [0.4, 0.5) is 0 Å². The summed E-state index contributed by atoms with van der Waals surface area (Å²) in [4.78, 5) is 13.7. The standard InChI is InChI=1S/C13H18N2O5/c1-15(9-5-19-6-10(16)12(9)17)13(18)8-4-11(20-14-8)7-2-3-7/h4,7,9-10,12,16-17H,2-3,5-6H2,1H3/t9-,10-,12+/m1/s1. The summed E-state index contributed by atoms with van der Waals surface area (Å²) in [6.45, 7) is 0.267. The van der Waals surface area contributed by atoms with Crippen molar-refractivity contribution in [1.82, 2.24) is 10.1 Å². The van der Waals surface area contributed by atoms with Crippen LogP contribution >= 0.6 is 0 Å². The zero-order valence-electron chi connectivity index (χ0n) is 11.2. The van der Waals surface area contributed by atoms with E-state index >= 15 is 0 Å². The molecule has 1 amide bonds. The molecule has 1 aliphatic carbocycles. The van der Waals surface area contributed by atoms with Gasteiger partial charge in [0.15, 0.2) is 5.69 Å². The smallest absolute Gasteiger partial charge is 0.276 e. The van der Waals surface area contributed by atoms with E-state index in [1.54, 1.807) is 13.1 Å². The molecule has 0 bridgehead atoms. The predicted molar refractivity (Wildman–Crippen MR) is 67.2 cm³/mol. The molecule has 1 aromatic heterocycles. The number of rotatable bonds is 3. The molecule has 1 saturated carbocycles. The van der Waals surface area contributed by atoms with Crippen molar-refractivity contribution in [2.24, 2.45) is 0 Å². The van der Waals surface area contributed by atoms with Crippen LogP contribution in [0.5, 0.6) is 0 Å². The van der Waals surface area contributed by atoms with Crippen molar-refractivity contribution in [3.63, 3.8) is 0 Å². The largest absolute Gasteiger partial charge is 0.388 e. The summed E-state index contributed by atoms with van der Waals surface area (Å²) >= 11 is 0. The number of carbonyl (C=O) groups is 1. The van der Waals surface area contributed by atoms with E-state index in [9.17, 15) is 15.0 Å². The van der Waals surface area contributed by atoms with Gasteiger partial charge in [0.1, 0.15) is 18.0 Å². The number of nitrogens with zero attached hydrogens (tertiary/aromatic N) is 2. The van der Waals surface area contributed by atoms with Crippen LogP contribution in [-0.2, 0) is 4.74 Å². The quantitative estimate of drug-likeness (QED) is 0.793. The van der Waals surface area contributed by atoms with Gasteiger partial charge in [0.05, 0.1) is 19.3 Å². The number of aliphatic hydroxyl groups excluding tert-OH is 2. The number of likely N-dealkylation sites (N-methyl/N-ethyl adjacent to an activating group) is 1. The Hall–Kier alpha value is -1.44. The van der Waals surface area contributed by atoms with Crippen molar-refractivity contribution < 1.29 is 24.3 Å². The Morgan fingerprint density at radius 2 is 2.15 bits per heavy atom. The summed E-state index contributed by atoms with van der Waals surface area (Å²) < 4.78 is 10.3. The summed E-state index contributed by atoms with van der Waals surface area (Å²) in [5.41, 5.74) is 0.224. The summed E-state index contributed by atoms with van der Waals surface area (Å²) in [6.07, 6.45) is 0.135. The fourth-order valence-electron chi connectivity index (χ4n) is 2.39. The second-order valence-electron chi connectivity index (χ2n) is 5.47. The second-order valence-corrected chi connectivity index (χ2v) is 5.47. The van der Waals surface area contributed by atoms with Crippen LogP contribution in [0, 0.1) is 0 Å². The Kier molecular flexibility index (Phi) is 3.49. The van der Waals surface area contributed by atoms with Crippen molar-refractivity contribution in [3.8, 4) is 0 Å². The Balaban J connectivity index is 1.71. The van der Waals surface area contributed by atoms with Crippen LogP contribution in [0.1, 0.15) is 35.0 Å². The molecule has 20 heavy (non-hydrogen) atoms. The van der Waals surface area contributed by atoms with Crippen molar-refractivity contribution in [1.29, 1.82) is 0 Å². The van der Waals surface area contributed by atoms with Crippen LogP contribution in [0.15, 0.2) is 10.6 Å². The molecule has 2 aliphatic rings. The monoisotopic (exact) mass is 282 g/mol. The maximum atomic E-state index is 12.3. The lowest BCUT2D eigenvalue weighted by Gasteiger charge is -2.37. The summed E-state index contributed by atoms with van der Waals surface area (Å²) in [5, 5.41) is 23.3. The molecule has 1 saturated heterocycles. The molecule has 7 nitrogen and oxygen atoms in total. The minimum atomic E-state index is -1.02. The lowest BCUT2D eigenvalue weighted by molar-refractivity contribution is -0.122. The van der Waals surface area contributed by atoms with Gasteiger partial charge in [-0.3, -0.25) is 4.79 Å². The average molecular weight is 282 g/mol. The molecule has 7 heteroatoms. The third kappa shape index (κ3) is 2.44. The van der Waals surface area contributed by atoms with E-state index in [4.69, 9.17) is 9.26 Å². The predicted octanol–water partition coefficient (Wildman–Crippen LogP) is -0.255. The minimum absolute atomic E-state index is 0.0789. The molecule has 0 unspecified atom stereocenters. The lowest BCUT2D eigenvalue weighted by Crippen LogP contribution is -2.56. The van der Waals surface area contributed by atoms with Crippen LogP contribution in [0.25, 0.3) is 0 Å². The first-order valence-corrected chi connectivity index (χ1v) is 6.75. The molecule has 0 radical (unpaired) electrons. The number of hydrogen-bond donors (Lipinski definition) is 2. The van der Waals surface area contributed by atoms with Crippen molar-refractivity contribution in [3.05, 3.63) is 17.5 Å². The summed E-state index contributed by atoms with van der Waals surface area (Å²) in [5.74, 6) is 0.782. The maximum Gasteiger partial charge on any atom is 0.276 e. The second kappa shape index (κ2) is 5.16. The van der Waals surface area contributed by atoms with E-state index in [1.165, 1.54) is 4.90 Å². The van der Waals surface area contributed by atoms with Gasteiger partial charge in [-0.15, -0.1) is 0 Å². The fourth-order valence-corrected chi connectivity index (χ4v) is 2.39. The van der Waals surface area contributed by atoms with Gasteiger partial charge >= 0.3 is 0 Å². The highest BCUT2D eigenvalue weighted by Gasteiger charge is 2.37. The molecular weight excluding hydrogens is 264 g/mol. The van der Waals surface area contributed by atoms with E-state index < -0.39 is 18.2 Å². The topological polar surface area (TPSA) is 96.0 Å². The molecule has 0 aromatic carbocycles. The van der Waals surface area contributed by atoms with E-state index in [0.717, 1.165) is 18.6 Å². The lowest BCUT2D eigenvalue weighted by atomic mass is 10.0. The highest BCUT2D eigenvalue weighted by molar-refractivity contribution is 5.92. The van der Waals surface area contributed by atoms with Gasteiger partial charge in [-0.25, -0.2) is 0 Å². The number of aromatic nitrogens is 1.